The third kappa shape index (κ3) is 2.28. The van der Waals surface area contributed by atoms with Crippen molar-refractivity contribution in [3.63, 3.8) is 0 Å². The Morgan fingerprint density at radius 3 is 2.38 bits per heavy atom. The van der Waals surface area contributed by atoms with Gasteiger partial charge >= 0.3 is 0 Å². The molecule has 0 amide bonds. The lowest BCUT2D eigenvalue weighted by Crippen LogP contribution is -2.01. The maximum absolute atomic E-state index is 9.09. The van der Waals surface area contributed by atoms with Gasteiger partial charge in [0.2, 0.25) is 0 Å². The molecule has 0 heterocycles. The summed E-state index contributed by atoms with van der Waals surface area (Å²) in [6, 6.07) is 5.53. The normalized spacial score (nSPS) is 10.4. The van der Waals surface area contributed by atoms with Crippen molar-refractivity contribution in [2.75, 3.05) is 7.11 Å². The molecule has 0 saturated carbocycles. The first-order valence-corrected chi connectivity index (χ1v) is 4.13. The highest BCUT2D eigenvalue weighted by Gasteiger charge is 2.05. The molecule has 0 atom stereocenters. The maximum atomic E-state index is 9.09. The van der Waals surface area contributed by atoms with Crippen molar-refractivity contribution in [2.24, 2.45) is 0 Å². The molecule has 3 nitrogen and oxygen atoms in total. The Labute approximate surface area is 77.6 Å². The molecule has 0 fully saturated rings. The van der Waals surface area contributed by atoms with Crippen LogP contribution in [0.3, 0.4) is 0 Å². The maximum Gasteiger partial charge on any atom is 0.0716 e. The molecular formula is C10H14O3. The molecule has 1 aromatic carbocycles. The number of methoxy groups -OCH3 is 1. The van der Waals surface area contributed by atoms with Gasteiger partial charge in [-0.15, -0.1) is 0 Å². The molecule has 0 aliphatic rings. The number of hydrogen-bond acceptors (Lipinski definition) is 3. The van der Waals surface area contributed by atoms with Gasteiger partial charge in [-0.05, 0) is 16.7 Å². The number of hydrogen-bond donors (Lipinski definition) is 2. The number of aliphatic hydroxyl groups excluding tert-OH is 2. The molecule has 0 aliphatic carbocycles. The second kappa shape index (κ2) is 4.97. The average molecular weight is 182 g/mol. The van der Waals surface area contributed by atoms with Crippen molar-refractivity contribution in [3.8, 4) is 0 Å². The lowest BCUT2D eigenvalue weighted by Gasteiger charge is -2.10. The summed E-state index contributed by atoms with van der Waals surface area (Å²) < 4.78 is 4.98. The van der Waals surface area contributed by atoms with Crippen molar-refractivity contribution in [1.82, 2.24) is 0 Å². The SMILES string of the molecule is COCc1cccc(CO)c1CO. The zero-order chi connectivity index (χ0) is 9.68. The summed E-state index contributed by atoms with van der Waals surface area (Å²) in [4.78, 5) is 0. The van der Waals surface area contributed by atoms with E-state index in [-0.39, 0.29) is 13.2 Å². The monoisotopic (exact) mass is 182 g/mol. The Morgan fingerprint density at radius 1 is 1.15 bits per heavy atom. The number of aliphatic hydroxyl groups is 2. The van der Waals surface area contributed by atoms with Gasteiger partial charge in [-0.1, -0.05) is 18.2 Å². The summed E-state index contributed by atoms with van der Waals surface area (Å²) >= 11 is 0. The minimum Gasteiger partial charge on any atom is -0.392 e. The van der Waals surface area contributed by atoms with Crippen molar-refractivity contribution < 1.29 is 14.9 Å². The Hall–Kier alpha value is -0.900. The lowest BCUT2D eigenvalue weighted by molar-refractivity contribution is 0.180. The average Bonchev–Trinajstić information content (AvgIpc) is 2.18. The van der Waals surface area contributed by atoms with Crippen molar-refractivity contribution in [3.05, 3.63) is 34.9 Å². The standard InChI is InChI=1S/C10H14O3/c1-13-7-9-4-2-3-8(5-11)10(9)6-12/h2-4,11-12H,5-7H2,1H3. The van der Waals surface area contributed by atoms with E-state index in [4.69, 9.17) is 14.9 Å². The molecule has 0 aliphatic heterocycles. The van der Waals surface area contributed by atoms with Crippen LogP contribution in [-0.4, -0.2) is 17.3 Å². The van der Waals surface area contributed by atoms with Crippen LogP contribution in [0.2, 0.25) is 0 Å². The van der Waals surface area contributed by atoms with Crippen molar-refractivity contribution in [1.29, 1.82) is 0 Å². The van der Waals surface area contributed by atoms with E-state index in [9.17, 15) is 0 Å². The van der Waals surface area contributed by atoms with E-state index in [1.54, 1.807) is 13.2 Å². The van der Waals surface area contributed by atoms with Gasteiger partial charge in [-0.3, -0.25) is 0 Å². The van der Waals surface area contributed by atoms with Crippen LogP contribution in [0.25, 0.3) is 0 Å². The van der Waals surface area contributed by atoms with Gasteiger partial charge in [-0.25, -0.2) is 0 Å². The third-order valence-corrected chi connectivity index (χ3v) is 2.00. The number of rotatable bonds is 4. The van der Waals surface area contributed by atoms with Crippen LogP contribution in [0.1, 0.15) is 16.7 Å². The molecule has 0 bridgehead atoms. The highest BCUT2D eigenvalue weighted by molar-refractivity contribution is 5.34. The quantitative estimate of drug-likeness (QED) is 0.724. The van der Waals surface area contributed by atoms with Gasteiger partial charge in [0, 0.05) is 7.11 Å². The predicted molar refractivity (Wildman–Crippen MR) is 49.0 cm³/mol. The topological polar surface area (TPSA) is 49.7 Å². The van der Waals surface area contributed by atoms with E-state index in [0.29, 0.717) is 6.61 Å². The van der Waals surface area contributed by atoms with E-state index in [1.807, 2.05) is 12.1 Å². The first-order valence-electron chi connectivity index (χ1n) is 4.13. The summed E-state index contributed by atoms with van der Waals surface area (Å²) in [5.41, 5.74) is 2.46. The molecule has 1 aromatic rings. The Bertz CT molecular complexity index is 271. The summed E-state index contributed by atoms with van der Waals surface area (Å²) in [6.45, 7) is 0.354. The zero-order valence-corrected chi connectivity index (χ0v) is 7.66. The van der Waals surface area contributed by atoms with Crippen LogP contribution >= 0.6 is 0 Å². The van der Waals surface area contributed by atoms with Crippen molar-refractivity contribution in [2.45, 2.75) is 19.8 Å². The van der Waals surface area contributed by atoms with Gasteiger partial charge in [0.05, 0.1) is 19.8 Å². The Kier molecular flexibility index (Phi) is 3.89. The minimum absolute atomic E-state index is 0.0482. The summed E-state index contributed by atoms with van der Waals surface area (Å²) in [5.74, 6) is 0. The van der Waals surface area contributed by atoms with Crippen molar-refractivity contribution >= 4 is 0 Å². The highest BCUT2D eigenvalue weighted by Crippen LogP contribution is 2.15. The van der Waals surface area contributed by atoms with E-state index in [2.05, 4.69) is 0 Å². The van der Waals surface area contributed by atoms with E-state index < -0.39 is 0 Å². The molecule has 0 spiro atoms. The molecule has 1 rings (SSSR count). The van der Waals surface area contributed by atoms with Gasteiger partial charge in [-0.2, -0.15) is 0 Å². The third-order valence-electron chi connectivity index (χ3n) is 2.00. The molecule has 3 heteroatoms. The second-order valence-corrected chi connectivity index (χ2v) is 2.80. The number of benzene rings is 1. The summed E-state index contributed by atoms with van der Waals surface area (Å²) in [6.07, 6.45) is 0. The summed E-state index contributed by atoms with van der Waals surface area (Å²) in [7, 11) is 1.60. The minimum atomic E-state index is -0.0601. The zero-order valence-electron chi connectivity index (χ0n) is 7.66. The Morgan fingerprint density at radius 2 is 1.85 bits per heavy atom. The van der Waals surface area contributed by atoms with E-state index in [1.165, 1.54) is 0 Å². The first kappa shape index (κ1) is 10.2. The molecule has 0 saturated heterocycles. The van der Waals surface area contributed by atoms with E-state index in [0.717, 1.165) is 16.7 Å². The molecule has 0 aromatic heterocycles. The van der Waals surface area contributed by atoms with Crippen LogP contribution < -0.4 is 0 Å². The van der Waals surface area contributed by atoms with Crippen LogP contribution in [0.5, 0.6) is 0 Å². The van der Waals surface area contributed by atoms with Crippen LogP contribution in [0.15, 0.2) is 18.2 Å². The van der Waals surface area contributed by atoms with E-state index >= 15 is 0 Å². The smallest absolute Gasteiger partial charge is 0.0716 e. The predicted octanol–water partition coefficient (Wildman–Crippen LogP) is 0.818. The van der Waals surface area contributed by atoms with Gasteiger partial charge < -0.3 is 14.9 Å². The summed E-state index contributed by atoms with van der Waals surface area (Å²) in [5, 5.41) is 18.1. The molecule has 0 radical (unpaired) electrons. The fraction of sp³-hybridized carbons (Fsp3) is 0.400. The largest absolute Gasteiger partial charge is 0.392 e. The van der Waals surface area contributed by atoms with Gasteiger partial charge in [0.25, 0.3) is 0 Å². The molecule has 2 N–H and O–H groups in total. The van der Waals surface area contributed by atoms with Gasteiger partial charge in [0.15, 0.2) is 0 Å². The Balaban J connectivity index is 3.03. The molecule has 0 unspecified atom stereocenters. The lowest BCUT2D eigenvalue weighted by atomic mass is 10.0. The molecule has 72 valence electrons. The fourth-order valence-electron chi connectivity index (χ4n) is 1.33. The fourth-order valence-corrected chi connectivity index (χ4v) is 1.33. The second-order valence-electron chi connectivity index (χ2n) is 2.80. The number of ether oxygens (including phenoxy) is 1. The van der Waals surface area contributed by atoms with Crippen LogP contribution in [-0.2, 0) is 24.6 Å². The molecular weight excluding hydrogens is 168 g/mol. The first-order chi connectivity index (χ1) is 6.33. The molecule has 13 heavy (non-hydrogen) atoms. The highest BCUT2D eigenvalue weighted by atomic mass is 16.5. The van der Waals surface area contributed by atoms with Gasteiger partial charge in [0.1, 0.15) is 0 Å². The van der Waals surface area contributed by atoms with Crippen LogP contribution in [0.4, 0.5) is 0 Å². The van der Waals surface area contributed by atoms with Crippen LogP contribution in [0, 0.1) is 0 Å².